The average Bonchev–Trinajstić information content (AvgIpc) is 2.75. The SMILES string of the molecule is CCOc1ccc2c(c1)O[C@@](c1ccccc1)(C(F)(F)F)N=C2Nc1ccc(C)cc1. The van der Waals surface area contributed by atoms with Crippen LogP contribution in [-0.4, -0.2) is 18.6 Å². The summed E-state index contributed by atoms with van der Waals surface area (Å²) in [5.74, 6) is 0.521. The number of rotatable bonds is 4. The largest absolute Gasteiger partial charge is 0.494 e. The highest BCUT2D eigenvalue weighted by molar-refractivity contribution is 6.11. The molecule has 0 saturated heterocycles. The zero-order valence-electron chi connectivity index (χ0n) is 17.0. The summed E-state index contributed by atoms with van der Waals surface area (Å²) in [5.41, 5.74) is -0.928. The van der Waals surface area contributed by atoms with E-state index in [9.17, 15) is 13.2 Å². The van der Waals surface area contributed by atoms with E-state index in [0.29, 0.717) is 23.6 Å². The molecule has 0 fully saturated rings. The minimum absolute atomic E-state index is 0.0386. The van der Waals surface area contributed by atoms with Gasteiger partial charge in [0.15, 0.2) is 0 Å². The molecule has 0 bridgehead atoms. The van der Waals surface area contributed by atoms with Gasteiger partial charge in [0.2, 0.25) is 0 Å². The van der Waals surface area contributed by atoms with Crippen molar-refractivity contribution < 1.29 is 22.6 Å². The first-order chi connectivity index (χ1) is 14.8. The van der Waals surface area contributed by atoms with Crippen LogP contribution in [-0.2, 0) is 5.72 Å². The van der Waals surface area contributed by atoms with Crippen molar-refractivity contribution in [3.05, 3.63) is 89.5 Å². The Bertz CT molecular complexity index is 1100. The van der Waals surface area contributed by atoms with Gasteiger partial charge in [-0.05, 0) is 38.1 Å². The van der Waals surface area contributed by atoms with Gasteiger partial charge in [0.25, 0.3) is 0 Å². The fourth-order valence-electron chi connectivity index (χ4n) is 3.38. The van der Waals surface area contributed by atoms with E-state index in [-0.39, 0.29) is 17.1 Å². The van der Waals surface area contributed by atoms with Crippen LogP contribution in [0.2, 0.25) is 0 Å². The minimum Gasteiger partial charge on any atom is -0.494 e. The number of benzene rings is 3. The second-order valence-corrected chi connectivity index (χ2v) is 7.15. The Labute approximate surface area is 178 Å². The number of anilines is 1. The Balaban J connectivity index is 1.90. The molecule has 1 N–H and O–H groups in total. The van der Waals surface area contributed by atoms with Gasteiger partial charge in [0, 0.05) is 17.3 Å². The lowest BCUT2D eigenvalue weighted by atomic mass is 9.99. The quantitative estimate of drug-likeness (QED) is 0.551. The van der Waals surface area contributed by atoms with Gasteiger partial charge in [-0.3, -0.25) is 0 Å². The fraction of sp³-hybridized carbons (Fsp3) is 0.208. The maximum atomic E-state index is 14.5. The molecule has 1 atom stereocenters. The van der Waals surface area contributed by atoms with Crippen molar-refractivity contribution in [1.82, 2.24) is 0 Å². The summed E-state index contributed by atoms with van der Waals surface area (Å²) in [6, 6.07) is 19.5. The van der Waals surface area contributed by atoms with Crippen LogP contribution >= 0.6 is 0 Å². The predicted octanol–water partition coefficient (Wildman–Crippen LogP) is 6.06. The number of hydrogen-bond acceptors (Lipinski definition) is 4. The molecule has 3 aromatic rings. The van der Waals surface area contributed by atoms with Gasteiger partial charge in [-0.2, -0.15) is 13.2 Å². The number of nitrogens with zero attached hydrogens (tertiary/aromatic N) is 1. The zero-order valence-corrected chi connectivity index (χ0v) is 17.0. The number of hydrogen-bond donors (Lipinski definition) is 1. The number of aryl methyl sites for hydroxylation is 1. The summed E-state index contributed by atoms with van der Waals surface area (Å²) in [7, 11) is 0. The van der Waals surface area contributed by atoms with Crippen molar-refractivity contribution in [3.8, 4) is 11.5 Å². The summed E-state index contributed by atoms with van der Waals surface area (Å²) in [5, 5.41) is 3.04. The normalized spacial score (nSPS) is 17.9. The van der Waals surface area contributed by atoms with Crippen molar-refractivity contribution in [3.63, 3.8) is 0 Å². The molecule has 3 aromatic carbocycles. The van der Waals surface area contributed by atoms with Gasteiger partial charge in [-0.25, -0.2) is 4.99 Å². The van der Waals surface area contributed by atoms with Gasteiger partial charge in [0.05, 0.1) is 12.2 Å². The van der Waals surface area contributed by atoms with Crippen molar-refractivity contribution in [2.45, 2.75) is 25.7 Å². The van der Waals surface area contributed by atoms with Gasteiger partial charge in [0.1, 0.15) is 17.3 Å². The summed E-state index contributed by atoms with van der Waals surface area (Å²) in [4.78, 5) is 4.11. The maximum absolute atomic E-state index is 14.5. The van der Waals surface area contributed by atoms with Crippen molar-refractivity contribution >= 4 is 11.5 Å². The van der Waals surface area contributed by atoms with E-state index < -0.39 is 11.9 Å². The molecule has 4 nitrogen and oxygen atoms in total. The first-order valence-corrected chi connectivity index (χ1v) is 9.84. The van der Waals surface area contributed by atoms with E-state index in [2.05, 4.69) is 10.3 Å². The average molecular weight is 426 g/mol. The van der Waals surface area contributed by atoms with Gasteiger partial charge < -0.3 is 14.8 Å². The van der Waals surface area contributed by atoms with Crippen LogP contribution in [0.25, 0.3) is 0 Å². The molecule has 0 aliphatic carbocycles. The molecule has 0 amide bonds. The summed E-state index contributed by atoms with van der Waals surface area (Å²) in [6.45, 7) is 4.12. The third kappa shape index (κ3) is 3.95. The zero-order chi connectivity index (χ0) is 22.1. The minimum atomic E-state index is -4.81. The highest BCUT2D eigenvalue weighted by Crippen LogP contribution is 2.48. The van der Waals surface area contributed by atoms with Crippen LogP contribution in [0.15, 0.2) is 77.8 Å². The Morgan fingerprint density at radius 1 is 1.00 bits per heavy atom. The number of aliphatic imine (C=N–C) groups is 1. The summed E-state index contributed by atoms with van der Waals surface area (Å²) < 4.78 is 54.6. The molecule has 0 saturated carbocycles. The number of halogens is 3. The second-order valence-electron chi connectivity index (χ2n) is 7.15. The van der Waals surface area contributed by atoms with Crippen LogP contribution in [0.4, 0.5) is 18.9 Å². The van der Waals surface area contributed by atoms with Gasteiger partial charge >= 0.3 is 11.9 Å². The predicted molar refractivity (Wildman–Crippen MR) is 114 cm³/mol. The number of amidine groups is 1. The van der Waals surface area contributed by atoms with E-state index in [1.165, 1.54) is 30.3 Å². The fourth-order valence-corrected chi connectivity index (χ4v) is 3.38. The van der Waals surface area contributed by atoms with E-state index >= 15 is 0 Å². The van der Waals surface area contributed by atoms with Crippen molar-refractivity contribution in [2.75, 3.05) is 11.9 Å². The molecule has 1 aliphatic heterocycles. The Hall–Kier alpha value is -3.48. The third-order valence-electron chi connectivity index (χ3n) is 4.91. The van der Waals surface area contributed by atoms with Crippen molar-refractivity contribution in [2.24, 2.45) is 4.99 Å². The Kier molecular flexibility index (Phi) is 5.35. The van der Waals surface area contributed by atoms with E-state index in [1.807, 2.05) is 19.1 Å². The number of alkyl halides is 3. The van der Waals surface area contributed by atoms with E-state index in [1.54, 1.807) is 37.3 Å². The third-order valence-corrected chi connectivity index (χ3v) is 4.91. The molecule has 7 heteroatoms. The first-order valence-electron chi connectivity index (χ1n) is 9.84. The lowest BCUT2D eigenvalue weighted by molar-refractivity contribution is -0.252. The molecular formula is C24H21F3N2O2. The second kappa shape index (κ2) is 7.98. The van der Waals surface area contributed by atoms with Crippen LogP contribution in [0, 0.1) is 6.92 Å². The van der Waals surface area contributed by atoms with Gasteiger partial charge in [-0.1, -0.05) is 48.0 Å². The molecule has 160 valence electrons. The smallest absolute Gasteiger partial charge is 0.455 e. The molecule has 0 unspecified atom stereocenters. The molecule has 4 rings (SSSR count). The monoisotopic (exact) mass is 426 g/mol. The topological polar surface area (TPSA) is 42.9 Å². The van der Waals surface area contributed by atoms with Crippen LogP contribution in [0.5, 0.6) is 11.5 Å². The molecule has 0 spiro atoms. The first kappa shape index (κ1) is 20.8. The molecule has 1 heterocycles. The molecular weight excluding hydrogens is 405 g/mol. The molecule has 31 heavy (non-hydrogen) atoms. The van der Waals surface area contributed by atoms with Crippen molar-refractivity contribution in [1.29, 1.82) is 0 Å². The number of ether oxygens (including phenoxy) is 2. The molecule has 1 aliphatic rings. The Morgan fingerprint density at radius 3 is 2.35 bits per heavy atom. The lowest BCUT2D eigenvalue weighted by Gasteiger charge is -2.37. The molecule has 0 aromatic heterocycles. The molecule has 0 radical (unpaired) electrons. The van der Waals surface area contributed by atoms with Crippen LogP contribution in [0.3, 0.4) is 0 Å². The van der Waals surface area contributed by atoms with E-state index in [0.717, 1.165) is 5.56 Å². The van der Waals surface area contributed by atoms with Gasteiger partial charge in [-0.15, -0.1) is 0 Å². The maximum Gasteiger partial charge on any atom is 0.455 e. The Morgan fingerprint density at radius 2 is 1.71 bits per heavy atom. The summed E-state index contributed by atoms with van der Waals surface area (Å²) >= 11 is 0. The van der Waals surface area contributed by atoms with Crippen LogP contribution < -0.4 is 14.8 Å². The van der Waals surface area contributed by atoms with E-state index in [4.69, 9.17) is 9.47 Å². The highest BCUT2D eigenvalue weighted by Gasteiger charge is 2.61. The summed E-state index contributed by atoms with van der Waals surface area (Å²) in [6.07, 6.45) is -4.81. The van der Waals surface area contributed by atoms with Crippen LogP contribution in [0.1, 0.15) is 23.6 Å². The lowest BCUT2D eigenvalue weighted by Crippen LogP contribution is -2.49. The number of nitrogens with one attached hydrogen (secondary N) is 1. The number of fused-ring (bicyclic) bond motifs is 1. The highest BCUT2D eigenvalue weighted by atomic mass is 19.4. The standard InChI is InChI=1S/C24H21F3N2O2/c1-3-30-19-13-14-20-21(15-19)31-23(24(25,26)27,17-7-5-4-6-8-17)29-22(20)28-18-11-9-16(2)10-12-18/h4-15H,3H2,1-2H3,(H,28,29)/t23-/m0/s1.